The van der Waals surface area contributed by atoms with Crippen LogP contribution in [0, 0.1) is 22.9 Å². The van der Waals surface area contributed by atoms with Gasteiger partial charge in [-0.25, -0.2) is 0 Å². The van der Waals surface area contributed by atoms with Crippen LogP contribution in [-0.2, 0) is 0 Å². The van der Waals surface area contributed by atoms with Crippen molar-refractivity contribution in [2.75, 3.05) is 22.9 Å². The number of anilines is 2. The summed E-state index contributed by atoms with van der Waals surface area (Å²) in [6.07, 6.45) is 21.8. The van der Waals surface area contributed by atoms with Crippen molar-refractivity contribution in [3.8, 4) is 12.4 Å². The van der Waals surface area contributed by atoms with Crippen LogP contribution in [0.25, 0.3) is 0 Å². The molecule has 0 saturated heterocycles. The average Bonchev–Trinajstić information content (AvgIpc) is 2.90. The highest BCUT2D eigenvalue weighted by Gasteiger charge is 2.11. The third-order valence-corrected chi connectivity index (χ3v) is 5.84. The summed E-state index contributed by atoms with van der Waals surface area (Å²) >= 11 is 0. The molecule has 0 aliphatic carbocycles. The van der Waals surface area contributed by atoms with Gasteiger partial charge in [0.1, 0.15) is 0 Å². The molecular formula is C26H36N10. The number of hydrogen-bond acceptors (Lipinski definition) is 6. The lowest BCUT2D eigenvalue weighted by Crippen LogP contribution is -2.38. The number of nitriles is 2. The van der Waals surface area contributed by atoms with Gasteiger partial charge in [0.05, 0.1) is 0 Å². The van der Waals surface area contributed by atoms with Crippen LogP contribution in [0.1, 0.15) is 64.2 Å². The van der Waals surface area contributed by atoms with E-state index in [4.69, 9.17) is 22.0 Å². The number of hydrogen-bond donors (Lipinski definition) is 2. The van der Waals surface area contributed by atoms with Crippen molar-refractivity contribution in [2.45, 2.75) is 64.2 Å². The number of aliphatic imine (C=N–C) groups is 2. The summed E-state index contributed by atoms with van der Waals surface area (Å²) in [5.41, 5.74) is 13.7. The van der Waals surface area contributed by atoms with Gasteiger partial charge in [-0.05, 0) is 37.1 Å². The molecule has 2 heterocycles. The lowest BCUT2D eigenvalue weighted by Gasteiger charge is -2.22. The Morgan fingerprint density at radius 2 is 0.917 bits per heavy atom. The SMILES string of the molecule is N#CN=C(N)N(CCCCCCCCCCCCN(C(N)=NC#N)c1ccncc1)c1ccncc1. The van der Waals surface area contributed by atoms with Crippen molar-refractivity contribution < 1.29 is 0 Å². The zero-order valence-corrected chi connectivity index (χ0v) is 20.8. The van der Waals surface area contributed by atoms with E-state index in [0.29, 0.717) is 0 Å². The van der Waals surface area contributed by atoms with E-state index in [0.717, 1.165) is 50.1 Å². The number of pyridine rings is 2. The first-order chi connectivity index (χ1) is 17.7. The second-order valence-corrected chi connectivity index (χ2v) is 8.39. The Balaban J connectivity index is 1.56. The fraction of sp³-hybridized carbons (Fsp3) is 0.462. The summed E-state index contributed by atoms with van der Waals surface area (Å²) < 4.78 is 0. The maximum atomic E-state index is 8.82. The Morgan fingerprint density at radius 1 is 0.611 bits per heavy atom. The number of rotatable bonds is 15. The van der Waals surface area contributed by atoms with Gasteiger partial charge in [-0.15, -0.1) is 9.98 Å². The number of guanidine groups is 2. The molecule has 10 heteroatoms. The fourth-order valence-corrected chi connectivity index (χ4v) is 3.98. The van der Waals surface area contributed by atoms with Crippen molar-refractivity contribution in [2.24, 2.45) is 21.5 Å². The fourth-order valence-electron chi connectivity index (χ4n) is 3.98. The Hall–Kier alpha value is -4.18. The van der Waals surface area contributed by atoms with E-state index in [1.807, 2.05) is 34.1 Å². The Bertz CT molecular complexity index is 925. The minimum atomic E-state index is 0.215. The molecule has 0 amide bonds. The van der Waals surface area contributed by atoms with Gasteiger partial charge in [-0.3, -0.25) is 9.97 Å². The minimum Gasteiger partial charge on any atom is -0.369 e. The smallest absolute Gasteiger partial charge is 0.211 e. The van der Waals surface area contributed by atoms with Crippen LogP contribution in [0.5, 0.6) is 0 Å². The molecule has 0 unspecified atom stereocenters. The van der Waals surface area contributed by atoms with E-state index >= 15 is 0 Å². The molecule has 0 radical (unpaired) electrons. The first kappa shape index (κ1) is 28.1. The Labute approximate surface area is 214 Å². The van der Waals surface area contributed by atoms with Crippen LogP contribution in [-0.4, -0.2) is 35.0 Å². The van der Waals surface area contributed by atoms with E-state index in [2.05, 4.69) is 20.0 Å². The van der Waals surface area contributed by atoms with E-state index in [1.165, 1.54) is 38.5 Å². The molecule has 36 heavy (non-hydrogen) atoms. The average molecular weight is 489 g/mol. The molecule has 0 aliphatic heterocycles. The number of nitrogens with zero attached hydrogens (tertiary/aromatic N) is 8. The molecule has 2 rings (SSSR count). The van der Waals surface area contributed by atoms with Gasteiger partial charge in [0.2, 0.25) is 24.3 Å². The summed E-state index contributed by atoms with van der Waals surface area (Å²) in [6, 6.07) is 7.47. The maximum absolute atomic E-state index is 8.82. The van der Waals surface area contributed by atoms with Crippen LogP contribution in [0.3, 0.4) is 0 Å². The third kappa shape index (κ3) is 10.4. The minimum absolute atomic E-state index is 0.215. The molecule has 2 aromatic heterocycles. The topological polar surface area (TPSA) is 157 Å². The van der Waals surface area contributed by atoms with Crippen molar-refractivity contribution in [3.63, 3.8) is 0 Å². The quantitative estimate of drug-likeness (QED) is 0.163. The second kappa shape index (κ2) is 17.3. The van der Waals surface area contributed by atoms with Gasteiger partial charge in [0.25, 0.3) is 0 Å². The molecule has 0 fully saturated rings. The van der Waals surface area contributed by atoms with Gasteiger partial charge >= 0.3 is 0 Å². The van der Waals surface area contributed by atoms with Gasteiger partial charge < -0.3 is 21.3 Å². The lowest BCUT2D eigenvalue weighted by atomic mass is 10.1. The maximum Gasteiger partial charge on any atom is 0.211 e. The Morgan fingerprint density at radius 3 is 1.22 bits per heavy atom. The van der Waals surface area contributed by atoms with Crippen molar-refractivity contribution in [1.82, 2.24) is 9.97 Å². The molecule has 4 N–H and O–H groups in total. The van der Waals surface area contributed by atoms with Crippen LogP contribution in [0.15, 0.2) is 59.0 Å². The Kier molecular flexibility index (Phi) is 13.5. The van der Waals surface area contributed by atoms with E-state index in [-0.39, 0.29) is 11.9 Å². The number of aromatic nitrogens is 2. The standard InChI is InChI=1S/C26H36N10/c27-21-33-25(29)35(23-11-15-31-16-12-23)19-9-7-5-3-1-2-4-6-8-10-20-36(26(30)34-22-28)24-13-17-32-18-14-24/h11-18H,1-10,19-20H2,(H2,29,33)(H2,30,34). The summed E-state index contributed by atoms with van der Waals surface area (Å²) in [6.45, 7) is 1.45. The normalized spacial score (nSPS) is 11.5. The predicted molar refractivity (Wildman–Crippen MR) is 144 cm³/mol. The largest absolute Gasteiger partial charge is 0.369 e. The highest BCUT2D eigenvalue weighted by atomic mass is 15.3. The molecule has 2 aromatic rings. The first-order valence-corrected chi connectivity index (χ1v) is 12.5. The number of nitrogens with two attached hydrogens (primary N) is 2. The summed E-state index contributed by atoms with van der Waals surface area (Å²) in [5.74, 6) is 0.431. The predicted octanol–water partition coefficient (Wildman–Crippen LogP) is 4.28. The van der Waals surface area contributed by atoms with E-state index < -0.39 is 0 Å². The lowest BCUT2D eigenvalue weighted by molar-refractivity contribution is 0.554. The molecule has 0 atom stereocenters. The molecule has 0 spiro atoms. The van der Waals surface area contributed by atoms with E-state index in [9.17, 15) is 0 Å². The molecular weight excluding hydrogens is 452 g/mol. The molecule has 10 nitrogen and oxygen atoms in total. The highest BCUT2D eigenvalue weighted by molar-refractivity contribution is 5.95. The molecule has 190 valence electrons. The highest BCUT2D eigenvalue weighted by Crippen LogP contribution is 2.16. The molecule has 0 saturated carbocycles. The van der Waals surface area contributed by atoms with E-state index in [1.54, 1.807) is 37.2 Å². The van der Waals surface area contributed by atoms with Crippen LogP contribution in [0.2, 0.25) is 0 Å². The van der Waals surface area contributed by atoms with Gasteiger partial charge in [0, 0.05) is 49.3 Å². The van der Waals surface area contributed by atoms with Gasteiger partial charge in [-0.2, -0.15) is 10.5 Å². The zero-order chi connectivity index (χ0) is 25.8. The molecule has 0 aromatic carbocycles. The van der Waals surface area contributed by atoms with Crippen LogP contribution >= 0.6 is 0 Å². The monoisotopic (exact) mass is 488 g/mol. The molecule has 0 aliphatic rings. The van der Waals surface area contributed by atoms with Crippen LogP contribution < -0.4 is 21.3 Å². The summed E-state index contributed by atoms with van der Waals surface area (Å²) in [7, 11) is 0. The van der Waals surface area contributed by atoms with Gasteiger partial charge in [0.15, 0.2) is 0 Å². The number of unbranched alkanes of at least 4 members (excludes halogenated alkanes) is 9. The first-order valence-electron chi connectivity index (χ1n) is 12.5. The summed E-state index contributed by atoms with van der Waals surface area (Å²) in [5, 5.41) is 17.6. The zero-order valence-electron chi connectivity index (χ0n) is 20.8. The van der Waals surface area contributed by atoms with Gasteiger partial charge in [-0.1, -0.05) is 51.4 Å². The van der Waals surface area contributed by atoms with Crippen molar-refractivity contribution in [3.05, 3.63) is 49.1 Å². The third-order valence-electron chi connectivity index (χ3n) is 5.84. The van der Waals surface area contributed by atoms with Crippen molar-refractivity contribution >= 4 is 23.3 Å². The molecule has 0 bridgehead atoms. The van der Waals surface area contributed by atoms with Crippen molar-refractivity contribution in [1.29, 1.82) is 10.5 Å². The second-order valence-electron chi connectivity index (χ2n) is 8.39. The summed E-state index contributed by atoms with van der Waals surface area (Å²) in [4.78, 5) is 19.2. The van der Waals surface area contributed by atoms with Crippen LogP contribution in [0.4, 0.5) is 11.4 Å².